The van der Waals surface area contributed by atoms with Crippen LogP contribution >= 0.6 is 0 Å². The molecule has 1 rings (SSSR count). The molecule has 0 bridgehead atoms. The van der Waals surface area contributed by atoms with Gasteiger partial charge < -0.3 is 15.0 Å². The summed E-state index contributed by atoms with van der Waals surface area (Å²) in [6.45, 7) is 9.76. The summed E-state index contributed by atoms with van der Waals surface area (Å²) >= 11 is 0. The van der Waals surface area contributed by atoms with Gasteiger partial charge in [0.2, 0.25) is 0 Å². The first-order chi connectivity index (χ1) is 8.41. The van der Waals surface area contributed by atoms with E-state index < -0.39 is 5.54 Å². The molecule has 0 spiro atoms. The lowest BCUT2D eigenvalue weighted by atomic mass is 9.90. The first-order valence-electron chi connectivity index (χ1n) is 6.91. The Labute approximate surface area is 111 Å². The van der Waals surface area contributed by atoms with Gasteiger partial charge in [0, 0.05) is 19.6 Å². The molecular weight excluding hydrogens is 228 g/mol. The fraction of sp³-hybridized carbons (Fsp3) is 0.929. The number of hydrogen-bond donors (Lipinski definition) is 1. The monoisotopic (exact) mass is 256 g/mol. The van der Waals surface area contributed by atoms with E-state index in [4.69, 9.17) is 4.74 Å². The molecule has 1 aliphatic rings. The SMILES string of the molecule is CNC(C)(CCN1CC(C)CC(C)C1)C(=O)OC. The molecule has 0 amide bonds. The molecule has 106 valence electrons. The summed E-state index contributed by atoms with van der Waals surface area (Å²) in [6.07, 6.45) is 2.10. The van der Waals surface area contributed by atoms with Crippen LogP contribution in [0.5, 0.6) is 0 Å². The van der Waals surface area contributed by atoms with Crippen molar-refractivity contribution in [3.8, 4) is 0 Å². The van der Waals surface area contributed by atoms with E-state index in [1.54, 1.807) is 0 Å². The highest BCUT2D eigenvalue weighted by molar-refractivity contribution is 5.80. The zero-order chi connectivity index (χ0) is 13.8. The summed E-state index contributed by atoms with van der Waals surface area (Å²) in [6, 6.07) is 0. The van der Waals surface area contributed by atoms with Crippen LogP contribution in [0.15, 0.2) is 0 Å². The third kappa shape index (κ3) is 3.95. The lowest BCUT2D eigenvalue weighted by Gasteiger charge is -2.37. The molecule has 3 atom stereocenters. The standard InChI is InChI=1S/C14H28N2O2/c1-11-8-12(2)10-16(9-11)7-6-14(3,15-4)13(17)18-5/h11-12,15H,6-10H2,1-5H3. The Morgan fingerprint density at radius 2 is 1.94 bits per heavy atom. The number of ether oxygens (including phenoxy) is 1. The fourth-order valence-corrected chi connectivity index (χ4v) is 2.91. The molecule has 0 aromatic carbocycles. The minimum absolute atomic E-state index is 0.178. The average Bonchev–Trinajstić information content (AvgIpc) is 2.33. The third-order valence-electron chi connectivity index (χ3n) is 4.06. The molecule has 3 unspecified atom stereocenters. The Balaban J connectivity index is 2.50. The van der Waals surface area contributed by atoms with Crippen molar-refractivity contribution < 1.29 is 9.53 Å². The molecule has 0 saturated carbocycles. The number of esters is 1. The van der Waals surface area contributed by atoms with E-state index in [0.29, 0.717) is 0 Å². The molecule has 1 fully saturated rings. The van der Waals surface area contributed by atoms with Gasteiger partial charge in [-0.05, 0) is 38.6 Å². The Hall–Kier alpha value is -0.610. The van der Waals surface area contributed by atoms with Crippen LogP contribution in [0.25, 0.3) is 0 Å². The molecule has 4 nitrogen and oxygen atoms in total. The molecule has 1 aliphatic heterocycles. The van der Waals surface area contributed by atoms with E-state index >= 15 is 0 Å². The predicted molar refractivity (Wildman–Crippen MR) is 73.5 cm³/mol. The Kier molecular flexibility index (Phi) is 5.60. The fourth-order valence-electron chi connectivity index (χ4n) is 2.91. The van der Waals surface area contributed by atoms with Crippen LogP contribution in [-0.4, -0.2) is 50.2 Å². The van der Waals surface area contributed by atoms with Gasteiger partial charge >= 0.3 is 5.97 Å². The molecule has 18 heavy (non-hydrogen) atoms. The lowest BCUT2D eigenvalue weighted by molar-refractivity contribution is -0.148. The third-order valence-corrected chi connectivity index (χ3v) is 4.06. The number of hydrogen-bond acceptors (Lipinski definition) is 4. The van der Waals surface area contributed by atoms with Gasteiger partial charge in [0.25, 0.3) is 0 Å². The van der Waals surface area contributed by atoms with Gasteiger partial charge in [0.15, 0.2) is 0 Å². The molecule has 1 heterocycles. The summed E-state index contributed by atoms with van der Waals surface area (Å²) in [4.78, 5) is 14.2. The quantitative estimate of drug-likeness (QED) is 0.757. The van der Waals surface area contributed by atoms with Crippen LogP contribution in [0.2, 0.25) is 0 Å². The van der Waals surface area contributed by atoms with Gasteiger partial charge in [-0.1, -0.05) is 13.8 Å². The van der Waals surface area contributed by atoms with E-state index in [0.717, 1.165) is 37.9 Å². The molecule has 0 aromatic heterocycles. The number of carbonyl (C=O) groups is 1. The second-order valence-corrected chi connectivity index (χ2v) is 6.03. The van der Waals surface area contributed by atoms with Crippen LogP contribution in [0.4, 0.5) is 0 Å². The van der Waals surface area contributed by atoms with Gasteiger partial charge in [-0.2, -0.15) is 0 Å². The molecule has 0 radical (unpaired) electrons. The molecule has 1 N–H and O–H groups in total. The highest BCUT2D eigenvalue weighted by Crippen LogP contribution is 2.22. The second kappa shape index (κ2) is 6.53. The van der Waals surface area contributed by atoms with Crippen molar-refractivity contribution in [1.82, 2.24) is 10.2 Å². The summed E-state index contributed by atoms with van der Waals surface area (Å²) in [5.74, 6) is 1.34. The maximum Gasteiger partial charge on any atom is 0.325 e. The summed E-state index contributed by atoms with van der Waals surface area (Å²) in [5, 5.41) is 3.09. The van der Waals surface area contributed by atoms with Crippen molar-refractivity contribution in [3.63, 3.8) is 0 Å². The van der Waals surface area contributed by atoms with Crippen LogP contribution in [-0.2, 0) is 9.53 Å². The normalized spacial score (nSPS) is 28.7. The van der Waals surface area contributed by atoms with E-state index in [-0.39, 0.29) is 5.97 Å². The van der Waals surface area contributed by atoms with E-state index in [1.807, 2.05) is 14.0 Å². The van der Waals surface area contributed by atoms with Crippen molar-refractivity contribution in [2.75, 3.05) is 33.8 Å². The van der Waals surface area contributed by atoms with Gasteiger partial charge in [0.05, 0.1) is 7.11 Å². The Morgan fingerprint density at radius 3 is 2.39 bits per heavy atom. The summed E-state index contributed by atoms with van der Waals surface area (Å²) in [5.41, 5.74) is -0.571. The molecule has 4 heteroatoms. The second-order valence-electron chi connectivity index (χ2n) is 6.03. The largest absolute Gasteiger partial charge is 0.468 e. The van der Waals surface area contributed by atoms with Gasteiger partial charge in [-0.25, -0.2) is 0 Å². The molecular formula is C14H28N2O2. The van der Waals surface area contributed by atoms with Crippen LogP contribution in [0, 0.1) is 11.8 Å². The van der Waals surface area contributed by atoms with Crippen LogP contribution in [0.3, 0.4) is 0 Å². The smallest absolute Gasteiger partial charge is 0.325 e. The first-order valence-corrected chi connectivity index (χ1v) is 6.91. The number of piperidine rings is 1. The highest BCUT2D eigenvalue weighted by atomic mass is 16.5. The van der Waals surface area contributed by atoms with E-state index in [1.165, 1.54) is 13.5 Å². The Morgan fingerprint density at radius 1 is 1.39 bits per heavy atom. The van der Waals surface area contributed by atoms with Gasteiger partial charge in [-0.15, -0.1) is 0 Å². The minimum atomic E-state index is -0.571. The van der Waals surface area contributed by atoms with Crippen LogP contribution < -0.4 is 5.32 Å². The lowest BCUT2D eigenvalue weighted by Crippen LogP contribution is -2.51. The number of methoxy groups -OCH3 is 1. The number of likely N-dealkylation sites (N-methyl/N-ethyl adjacent to an activating group) is 1. The maximum atomic E-state index is 11.8. The zero-order valence-electron chi connectivity index (χ0n) is 12.5. The van der Waals surface area contributed by atoms with Crippen molar-refractivity contribution in [2.24, 2.45) is 11.8 Å². The number of carbonyl (C=O) groups excluding carboxylic acids is 1. The number of likely N-dealkylation sites (tertiary alicyclic amines) is 1. The molecule has 1 saturated heterocycles. The average molecular weight is 256 g/mol. The number of nitrogens with zero attached hydrogens (tertiary/aromatic N) is 1. The van der Waals surface area contributed by atoms with E-state index in [9.17, 15) is 4.79 Å². The van der Waals surface area contributed by atoms with E-state index in [2.05, 4.69) is 24.1 Å². The van der Waals surface area contributed by atoms with Crippen molar-refractivity contribution >= 4 is 5.97 Å². The molecule has 0 aliphatic carbocycles. The van der Waals surface area contributed by atoms with Gasteiger partial charge in [0.1, 0.15) is 5.54 Å². The zero-order valence-corrected chi connectivity index (χ0v) is 12.5. The predicted octanol–water partition coefficient (Wildman–Crippen LogP) is 1.51. The number of rotatable bonds is 5. The van der Waals surface area contributed by atoms with Gasteiger partial charge in [-0.3, -0.25) is 4.79 Å². The number of nitrogens with one attached hydrogen (secondary N) is 1. The molecule has 0 aromatic rings. The Bertz CT molecular complexity index is 273. The van der Waals surface area contributed by atoms with Crippen molar-refractivity contribution in [3.05, 3.63) is 0 Å². The van der Waals surface area contributed by atoms with Crippen molar-refractivity contribution in [2.45, 2.75) is 39.2 Å². The van der Waals surface area contributed by atoms with Crippen molar-refractivity contribution in [1.29, 1.82) is 0 Å². The maximum absolute atomic E-state index is 11.8. The van der Waals surface area contributed by atoms with Crippen LogP contribution in [0.1, 0.15) is 33.6 Å². The first kappa shape index (κ1) is 15.4. The highest BCUT2D eigenvalue weighted by Gasteiger charge is 2.33. The minimum Gasteiger partial charge on any atom is -0.468 e. The summed E-state index contributed by atoms with van der Waals surface area (Å²) < 4.78 is 4.87. The topological polar surface area (TPSA) is 41.6 Å². The summed E-state index contributed by atoms with van der Waals surface area (Å²) in [7, 11) is 3.27.